The molecule has 0 aromatic carbocycles. The van der Waals surface area contributed by atoms with E-state index in [0.29, 0.717) is 18.0 Å². The van der Waals surface area contributed by atoms with Gasteiger partial charge in [0.05, 0.1) is 0 Å². The van der Waals surface area contributed by atoms with Gasteiger partial charge in [-0.2, -0.15) is 0 Å². The van der Waals surface area contributed by atoms with Crippen molar-refractivity contribution in [1.29, 1.82) is 0 Å². The molecule has 0 amide bonds. The van der Waals surface area contributed by atoms with Crippen LogP contribution in [0.1, 0.15) is 20.3 Å². The lowest BCUT2D eigenvalue weighted by atomic mass is 10.1. The maximum atomic E-state index is 5.44. The molecule has 0 aliphatic rings. The lowest BCUT2D eigenvalue weighted by Crippen LogP contribution is -2.36. The Hall–Kier alpha value is 0.0569. The molecule has 0 radical (unpaired) electrons. The van der Waals surface area contributed by atoms with Crippen molar-refractivity contribution in [3.8, 4) is 0 Å². The van der Waals surface area contributed by atoms with Gasteiger partial charge < -0.3 is 19.9 Å². The molecule has 0 aromatic rings. The summed E-state index contributed by atoms with van der Waals surface area (Å²) >= 11 is 0. The van der Waals surface area contributed by atoms with E-state index in [1.807, 2.05) is 0 Å². The first-order valence-corrected chi connectivity index (χ1v) is 7.23. The molecule has 0 fully saturated rings. The van der Waals surface area contributed by atoms with Gasteiger partial charge in [0.1, 0.15) is 0 Å². The summed E-state index contributed by atoms with van der Waals surface area (Å²) in [6.45, 7) is 6.96. The Labute approximate surface area is 95.4 Å². The Bertz CT molecular complexity index is 143. The van der Waals surface area contributed by atoms with Gasteiger partial charge in [0.25, 0.3) is 0 Å². The molecule has 0 aliphatic heterocycles. The summed E-state index contributed by atoms with van der Waals surface area (Å²) < 4.78 is 10.9. The molecule has 3 N–H and O–H groups in total. The van der Waals surface area contributed by atoms with Crippen LogP contribution in [0.5, 0.6) is 0 Å². The lowest BCUT2D eigenvalue weighted by Gasteiger charge is -2.24. The van der Waals surface area contributed by atoms with E-state index in [1.165, 1.54) is 0 Å². The first-order valence-electron chi connectivity index (χ1n) is 5.62. The van der Waals surface area contributed by atoms with Crippen LogP contribution in [0, 0.1) is 5.92 Å². The zero-order chi connectivity index (χ0) is 11.7. The number of nitrogens with one attached hydrogen (secondary N) is 1. The van der Waals surface area contributed by atoms with Crippen LogP contribution in [0.2, 0.25) is 5.54 Å². The van der Waals surface area contributed by atoms with E-state index in [0.717, 1.165) is 19.5 Å². The molecular weight excluding hydrogens is 208 g/mol. The molecule has 1 unspecified atom stereocenters. The number of nitrogens with two attached hydrogens (primary N) is 1. The van der Waals surface area contributed by atoms with Crippen molar-refractivity contribution in [2.75, 3.05) is 33.9 Å². The van der Waals surface area contributed by atoms with Crippen molar-refractivity contribution in [1.82, 2.24) is 5.32 Å². The molecule has 0 rings (SSSR count). The molecule has 15 heavy (non-hydrogen) atoms. The largest absolute Gasteiger partial charge is 0.400 e. The van der Waals surface area contributed by atoms with Crippen molar-refractivity contribution < 1.29 is 8.85 Å². The minimum atomic E-state index is -1.51. The Morgan fingerprint density at radius 3 is 2.27 bits per heavy atom. The number of hydrogen-bond donors (Lipinski definition) is 2. The second kappa shape index (κ2) is 9.29. The van der Waals surface area contributed by atoms with E-state index in [4.69, 9.17) is 14.6 Å². The minimum absolute atomic E-state index is 0.520. The third-order valence-corrected chi connectivity index (χ3v) is 4.56. The van der Waals surface area contributed by atoms with Crippen molar-refractivity contribution in [2.45, 2.75) is 25.8 Å². The molecule has 4 nitrogen and oxygen atoms in total. The van der Waals surface area contributed by atoms with Crippen LogP contribution in [-0.4, -0.2) is 43.1 Å². The molecule has 0 bridgehead atoms. The van der Waals surface area contributed by atoms with Gasteiger partial charge in [-0.15, -0.1) is 0 Å². The summed E-state index contributed by atoms with van der Waals surface area (Å²) in [5.74, 6) is 0.676. The molecule has 0 aliphatic carbocycles. The smallest absolute Gasteiger partial charge is 0.325 e. The normalized spacial score (nSPS) is 13.8. The van der Waals surface area contributed by atoms with Crippen molar-refractivity contribution in [3.05, 3.63) is 0 Å². The summed E-state index contributed by atoms with van der Waals surface area (Å²) in [7, 11) is 1.98. The maximum absolute atomic E-state index is 5.44. The third-order valence-electron chi connectivity index (χ3n) is 2.35. The highest BCUT2D eigenvalue weighted by Gasteiger charge is 2.24. The first kappa shape index (κ1) is 15.1. The zero-order valence-electron chi connectivity index (χ0n) is 10.5. The van der Waals surface area contributed by atoms with Gasteiger partial charge in [-0.3, -0.25) is 0 Å². The molecule has 0 spiro atoms. The second-order valence-electron chi connectivity index (χ2n) is 4.22. The highest BCUT2D eigenvalue weighted by Crippen LogP contribution is 2.20. The fourth-order valence-corrected chi connectivity index (χ4v) is 3.85. The van der Waals surface area contributed by atoms with E-state index in [1.54, 1.807) is 14.2 Å². The van der Waals surface area contributed by atoms with Crippen LogP contribution in [0.25, 0.3) is 0 Å². The summed E-state index contributed by atoms with van der Waals surface area (Å²) in [5.41, 5.74) is 5.96. The van der Waals surface area contributed by atoms with Gasteiger partial charge >= 0.3 is 9.28 Å². The van der Waals surface area contributed by atoms with Crippen molar-refractivity contribution >= 4 is 9.28 Å². The fraction of sp³-hybridized carbons (Fsp3) is 1.00. The van der Waals surface area contributed by atoms with Crippen LogP contribution in [0.3, 0.4) is 0 Å². The van der Waals surface area contributed by atoms with Crippen LogP contribution in [-0.2, 0) is 8.85 Å². The average Bonchev–Trinajstić information content (AvgIpc) is 2.19. The standard InChI is InChI=1S/C10H26N2O2Si/c1-9(2)7-10(8-12-6-5-11)15(13-3)14-4/h9-10,12,15H,5-8,11H2,1-4H3. The third kappa shape index (κ3) is 7.02. The molecule has 0 saturated carbocycles. The average molecular weight is 234 g/mol. The SMILES string of the molecule is CO[SiH](OC)C(CNCCN)CC(C)C. The van der Waals surface area contributed by atoms with Gasteiger partial charge in [0, 0.05) is 32.9 Å². The van der Waals surface area contributed by atoms with Crippen molar-refractivity contribution in [2.24, 2.45) is 11.7 Å². The molecule has 0 saturated heterocycles. The Kier molecular flexibility index (Phi) is 9.33. The second-order valence-corrected chi connectivity index (χ2v) is 6.84. The van der Waals surface area contributed by atoms with Gasteiger partial charge in [0.2, 0.25) is 0 Å². The molecule has 5 heteroatoms. The fourth-order valence-electron chi connectivity index (χ4n) is 1.77. The van der Waals surface area contributed by atoms with Crippen LogP contribution in [0.15, 0.2) is 0 Å². The van der Waals surface area contributed by atoms with Crippen LogP contribution in [0.4, 0.5) is 0 Å². The number of hydrogen-bond acceptors (Lipinski definition) is 4. The van der Waals surface area contributed by atoms with E-state index >= 15 is 0 Å². The molecule has 92 valence electrons. The van der Waals surface area contributed by atoms with E-state index in [2.05, 4.69) is 19.2 Å². The highest BCUT2D eigenvalue weighted by molar-refractivity contribution is 6.46. The Morgan fingerprint density at radius 2 is 1.87 bits per heavy atom. The minimum Gasteiger partial charge on any atom is -0.400 e. The topological polar surface area (TPSA) is 56.5 Å². The Morgan fingerprint density at radius 1 is 1.27 bits per heavy atom. The van der Waals surface area contributed by atoms with E-state index < -0.39 is 9.28 Å². The predicted molar refractivity (Wildman–Crippen MR) is 66.3 cm³/mol. The van der Waals surface area contributed by atoms with E-state index in [9.17, 15) is 0 Å². The first-order chi connectivity index (χ1) is 7.15. The Balaban J connectivity index is 4.03. The quantitative estimate of drug-likeness (QED) is 0.450. The van der Waals surface area contributed by atoms with Crippen molar-refractivity contribution in [3.63, 3.8) is 0 Å². The molecule has 1 atom stereocenters. The monoisotopic (exact) mass is 234 g/mol. The maximum Gasteiger partial charge on any atom is 0.325 e. The molecular formula is C10H26N2O2Si. The van der Waals surface area contributed by atoms with Crippen LogP contribution < -0.4 is 11.1 Å². The number of rotatable bonds is 9. The van der Waals surface area contributed by atoms with Crippen LogP contribution >= 0.6 is 0 Å². The van der Waals surface area contributed by atoms with E-state index in [-0.39, 0.29) is 0 Å². The predicted octanol–water partition coefficient (Wildman–Crippen LogP) is 0.464. The zero-order valence-corrected chi connectivity index (χ0v) is 11.6. The molecule has 0 aromatic heterocycles. The van der Waals surface area contributed by atoms with Gasteiger partial charge in [-0.1, -0.05) is 13.8 Å². The van der Waals surface area contributed by atoms with Gasteiger partial charge in [0.15, 0.2) is 0 Å². The summed E-state index contributed by atoms with van der Waals surface area (Å²) in [6, 6.07) is 0. The highest BCUT2D eigenvalue weighted by atomic mass is 28.3. The van der Waals surface area contributed by atoms with Gasteiger partial charge in [-0.25, -0.2) is 0 Å². The van der Waals surface area contributed by atoms with Gasteiger partial charge in [-0.05, 0) is 18.9 Å². The summed E-state index contributed by atoms with van der Waals surface area (Å²) in [5, 5.41) is 3.34. The summed E-state index contributed by atoms with van der Waals surface area (Å²) in [4.78, 5) is 0. The lowest BCUT2D eigenvalue weighted by molar-refractivity contribution is 0.256. The molecule has 0 heterocycles. The summed E-state index contributed by atoms with van der Waals surface area (Å²) in [6.07, 6.45) is 1.15.